The Morgan fingerprint density at radius 1 is 1.00 bits per heavy atom. The Hall–Kier alpha value is -4.48. The van der Waals surface area contributed by atoms with Crippen molar-refractivity contribution in [2.75, 3.05) is 65.0 Å². The zero-order valence-electron chi connectivity index (χ0n) is 23.0. The molecule has 5 rings (SSSR count). The van der Waals surface area contributed by atoms with Gasteiger partial charge in [-0.2, -0.15) is 0 Å². The lowest BCUT2D eigenvalue weighted by Crippen LogP contribution is -2.45. The number of nitrogens with zero attached hydrogens (tertiary/aromatic N) is 6. The van der Waals surface area contributed by atoms with Gasteiger partial charge in [0.15, 0.2) is 17.3 Å². The number of likely N-dealkylation sites (N-methyl/N-ethyl adjacent to an activating group) is 1. The Bertz CT molecular complexity index is 1460. The van der Waals surface area contributed by atoms with Crippen LogP contribution in [0.5, 0.6) is 11.5 Å². The van der Waals surface area contributed by atoms with Crippen molar-refractivity contribution < 1.29 is 14.3 Å². The molecular weight excluding hydrogens is 508 g/mol. The number of carbonyl (C=O) groups excluding carboxylic acids is 1. The maximum atomic E-state index is 13.0. The predicted octanol–water partition coefficient (Wildman–Crippen LogP) is 2.97. The van der Waals surface area contributed by atoms with Gasteiger partial charge in [0, 0.05) is 56.4 Å². The smallest absolute Gasteiger partial charge is 0.261 e. The van der Waals surface area contributed by atoms with Gasteiger partial charge < -0.3 is 30.3 Å². The van der Waals surface area contributed by atoms with E-state index < -0.39 is 0 Å². The summed E-state index contributed by atoms with van der Waals surface area (Å²) < 4.78 is 12.1. The number of benzene rings is 2. The molecule has 1 saturated heterocycles. The van der Waals surface area contributed by atoms with Gasteiger partial charge in [0.1, 0.15) is 5.56 Å². The van der Waals surface area contributed by atoms with Gasteiger partial charge in [-0.1, -0.05) is 12.1 Å². The average molecular weight is 543 g/mol. The van der Waals surface area contributed by atoms with Crippen molar-refractivity contribution in [3.8, 4) is 28.7 Å². The molecular formula is C29H34N8O3. The minimum Gasteiger partial charge on any atom is -0.493 e. The maximum absolute atomic E-state index is 13.0. The molecule has 11 heteroatoms. The molecule has 2 aromatic heterocycles. The number of nitrogens with one attached hydrogen (secondary N) is 1. The lowest BCUT2D eigenvalue weighted by Gasteiger charge is -2.32. The molecule has 3 N–H and O–H groups in total. The number of methoxy groups -OCH3 is 2. The van der Waals surface area contributed by atoms with Gasteiger partial charge >= 0.3 is 0 Å². The number of aromatic nitrogens is 4. The number of nitrogen functional groups attached to an aromatic ring is 1. The first-order chi connectivity index (χ1) is 19.4. The quantitative estimate of drug-likeness (QED) is 0.329. The highest BCUT2D eigenvalue weighted by Crippen LogP contribution is 2.31. The third-order valence-corrected chi connectivity index (χ3v) is 7.04. The highest BCUT2D eigenvalue weighted by atomic mass is 16.5. The van der Waals surface area contributed by atoms with Gasteiger partial charge in [-0.25, -0.2) is 14.6 Å². The van der Waals surface area contributed by atoms with Gasteiger partial charge in [-0.05, 0) is 55.4 Å². The zero-order chi connectivity index (χ0) is 28.1. The second kappa shape index (κ2) is 12.1. The molecule has 2 aromatic carbocycles. The van der Waals surface area contributed by atoms with E-state index in [1.54, 1.807) is 26.5 Å². The summed E-state index contributed by atoms with van der Waals surface area (Å²) >= 11 is 0. The molecule has 208 valence electrons. The van der Waals surface area contributed by atoms with Crippen molar-refractivity contribution in [1.29, 1.82) is 0 Å². The van der Waals surface area contributed by atoms with E-state index in [1.165, 1.54) is 16.4 Å². The number of rotatable bonds is 9. The van der Waals surface area contributed by atoms with Crippen LogP contribution in [0.25, 0.3) is 17.2 Å². The summed E-state index contributed by atoms with van der Waals surface area (Å²) in [5.41, 5.74) is 9.73. The van der Waals surface area contributed by atoms with Crippen molar-refractivity contribution in [2.24, 2.45) is 0 Å². The van der Waals surface area contributed by atoms with Crippen molar-refractivity contribution >= 4 is 17.4 Å². The van der Waals surface area contributed by atoms with Crippen molar-refractivity contribution in [2.45, 2.75) is 6.42 Å². The molecule has 1 aliphatic heterocycles. The van der Waals surface area contributed by atoms with E-state index in [0.29, 0.717) is 22.9 Å². The molecule has 0 aliphatic carbocycles. The van der Waals surface area contributed by atoms with Crippen LogP contribution in [0.3, 0.4) is 0 Å². The SMILES string of the molecule is COc1ccc(-c2ccnc(-n3cc(C(=O)Nc4ccc(CCN5CCN(C)CC5)cc4)c(N)n3)n2)cc1OC. The summed E-state index contributed by atoms with van der Waals surface area (Å²) in [5, 5.41) is 7.19. The molecule has 0 atom stereocenters. The third kappa shape index (κ3) is 6.22. The highest BCUT2D eigenvalue weighted by molar-refractivity contribution is 6.07. The molecule has 1 amide bonds. The number of hydrogen-bond acceptors (Lipinski definition) is 9. The van der Waals surface area contributed by atoms with Crippen LogP contribution in [0.2, 0.25) is 0 Å². The third-order valence-electron chi connectivity index (χ3n) is 7.04. The topological polar surface area (TPSA) is 124 Å². The molecule has 40 heavy (non-hydrogen) atoms. The van der Waals surface area contributed by atoms with Crippen LogP contribution < -0.4 is 20.5 Å². The van der Waals surface area contributed by atoms with E-state index >= 15 is 0 Å². The largest absolute Gasteiger partial charge is 0.493 e. The Kier molecular flexibility index (Phi) is 8.23. The Morgan fingerprint density at radius 3 is 2.48 bits per heavy atom. The summed E-state index contributed by atoms with van der Waals surface area (Å²) in [7, 11) is 5.33. The lowest BCUT2D eigenvalue weighted by atomic mass is 10.1. The minimum absolute atomic E-state index is 0.0846. The van der Waals surface area contributed by atoms with E-state index in [0.717, 1.165) is 44.7 Å². The standard InChI is InChI=1S/C29H34N8O3/c1-35-14-16-36(17-15-35)13-11-20-4-7-22(8-5-20)32-28(38)23-19-37(34-27(23)30)29-31-12-10-24(33-29)21-6-9-25(39-2)26(18-21)40-3/h4-10,12,18-19H,11,13-17H2,1-3H3,(H2,30,34)(H,32,38). The molecule has 0 saturated carbocycles. The molecule has 1 fully saturated rings. The second-order valence-electron chi connectivity index (χ2n) is 9.73. The minimum atomic E-state index is -0.356. The van der Waals surface area contributed by atoms with Crippen LogP contribution in [0, 0.1) is 0 Å². The summed E-state index contributed by atoms with van der Waals surface area (Å²) in [6, 6.07) is 15.2. The zero-order valence-corrected chi connectivity index (χ0v) is 23.0. The average Bonchev–Trinajstić information content (AvgIpc) is 3.39. The molecule has 4 aromatic rings. The number of anilines is 2. The van der Waals surface area contributed by atoms with Crippen LogP contribution in [-0.2, 0) is 6.42 Å². The maximum Gasteiger partial charge on any atom is 0.261 e. The summed E-state index contributed by atoms with van der Waals surface area (Å²) in [5.74, 6) is 1.22. The fourth-order valence-electron chi connectivity index (χ4n) is 4.59. The summed E-state index contributed by atoms with van der Waals surface area (Å²) in [6.45, 7) is 5.46. The van der Waals surface area contributed by atoms with E-state index in [9.17, 15) is 4.79 Å². The summed E-state index contributed by atoms with van der Waals surface area (Å²) in [4.78, 5) is 26.8. The van der Waals surface area contributed by atoms with Crippen molar-refractivity contribution in [3.63, 3.8) is 0 Å². The van der Waals surface area contributed by atoms with Gasteiger partial charge in [-0.3, -0.25) is 4.79 Å². The van der Waals surface area contributed by atoms with Crippen LogP contribution in [0.1, 0.15) is 15.9 Å². The molecule has 0 bridgehead atoms. The van der Waals surface area contributed by atoms with Crippen LogP contribution >= 0.6 is 0 Å². The first-order valence-electron chi connectivity index (χ1n) is 13.2. The molecule has 3 heterocycles. The number of carbonyl (C=O) groups is 1. The normalized spacial score (nSPS) is 14.2. The predicted molar refractivity (Wildman–Crippen MR) is 154 cm³/mol. The van der Waals surface area contributed by atoms with E-state index in [4.69, 9.17) is 15.2 Å². The fourth-order valence-corrected chi connectivity index (χ4v) is 4.59. The van der Waals surface area contributed by atoms with Crippen molar-refractivity contribution in [1.82, 2.24) is 29.5 Å². The van der Waals surface area contributed by atoms with E-state index in [2.05, 4.69) is 37.2 Å². The van der Waals surface area contributed by atoms with Gasteiger partial charge in [0.25, 0.3) is 11.9 Å². The monoisotopic (exact) mass is 542 g/mol. The van der Waals surface area contributed by atoms with Crippen LogP contribution in [0.15, 0.2) is 60.9 Å². The molecule has 0 radical (unpaired) electrons. The van der Waals surface area contributed by atoms with Crippen molar-refractivity contribution in [3.05, 3.63) is 72.1 Å². The Labute approximate surface area is 233 Å². The van der Waals surface area contributed by atoms with Crippen LogP contribution in [0.4, 0.5) is 11.5 Å². The van der Waals surface area contributed by atoms with Gasteiger partial charge in [0.05, 0.1) is 19.9 Å². The number of nitrogens with two attached hydrogens (primary N) is 1. The van der Waals surface area contributed by atoms with E-state index in [1.807, 2.05) is 42.5 Å². The number of amides is 1. The molecule has 1 aliphatic rings. The summed E-state index contributed by atoms with van der Waals surface area (Å²) in [6.07, 6.45) is 4.13. The number of ether oxygens (including phenoxy) is 2. The Morgan fingerprint density at radius 2 is 1.75 bits per heavy atom. The first kappa shape index (κ1) is 27.1. The van der Waals surface area contributed by atoms with Crippen LogP contribution in [-0.4, -0.2) is 89.4 Å². The van der Waals surface area contributed by atoms with Gasteiger partial charge in [-0.15, -0.1) is 5.10 Å². The number of piperazine rings is 1. The lowest BCUT2D eigenvalue weighted by molar-refractivity contribution is 0.102. The Balaban J connectivity index is 1.24. The molecule has 0 unspecified atom stereocenters. The van der Waals surface area contributed by atoms with Gasteiger partial charge in [0.2, 0.25) is 0 Å². The fraction of sp³-hybridized carbons (Fsp3) is 0.310. The first-order valence-corrected chi connectivity index (χ1v) is 13.2. The van der Waals surface area contributed by atoms with E-state index in [-0.39, 0.29) is 23.2 Å². The molecule has 11 nitrogen and oxygen atoms in total. The number of hydrogen-bond donors (Lipinski definition) is 2. The molecule has 0 spiro atoms. The highest BCUT2D eigenvalue weighted by Gasteiger charge is 2.18. The second-order valence-corrected chi connectivity index (χ2v) is 9.73.